The van der Waals surface area contributed by atoms with Crippen LogP contribution in [-0.4, -0.2) is 27.5 Å². The first-order valence-electron chi connectivity index (χ1n) is 8.19. The van der Waals surface area contributed by atoms with Gasteiger partial charge in [-0.2, -0.15) is 0 Å². The maximum absolute atomic E-state index is 13.7. The summed E-state index contributed by atoms with van der Waals surface area (Å²) in [4.78, 5) is 13.5. The summed E-state index contributed by atoms with van der Waals surface area (Å²) in [6.07, 6.45) is 2.71. The molecular formula is C17H21FN4OS. The van der Waals surface area contributed by atoms with Crippen LogP contribution in [0.2, 0.25) is 0 Å². The number of carbonyl (C=O) groups is 1. The molecule has 1 aliphatic heterocycles. The van der Waals surface area contributed by atoms with Crippen molar-refractivity contribution in [3.63, 3.8) is 0 Å². The number of rotatable bonds is 4. The van der Waals surface area contributed by atoms with Gasteiger partial charge in [-0.25, -0.2) is 4.39 Å². The van der Waals surface area contributed by atoms with Crippen LogP contribution in [0.3, 0.4) is 0 Å². The van der Waals surface area contributed by atoms with Gasteiger partial charge in [-0.1, -0.05) is 24.3 Å². The number of anilines is 1. The average molecular weight is 348 g/mol. The molecule has 1 aliphatic rings. The van der Waals surface area contributed by atoms with Crippen molar-refractivity contribution in [1.82, 2.24) is 15.1 Å². The molecule has 3 rings (SSSR count). The van der Waals surface area contributed by atoms with Crippen molar-refractivity contribution < 1.29 is 9.18 Å². The fourth-order valence-corrected chi connectivity index (χ4v) is 3.86. The van der Waals surface area contributed by atoms with E-state index in [1.165, 1.54) is 12.1 Å². The first-order valence-corrected chi connectivity index (χ1v) is 9.01. The molecule has 2 aromatic rings. The number of aryl methyl sites for hydroxylation is 1. The number of hydrogen-bond donors (Lipinski definition) is 1. The molecule has 0 bridgehead atoms. The van der Waals surface area contributed by atoms with Crippen LogP contribution in [-0.2, 0) is 17.8 Å². The summed E-state index contributed by atoms with van der Waals surface area (Å²) in [7, 11) is 0. The summed E-state index contributed by atoms with van der Waals surface area (Å²) in [6, 6.07) is 4.79. The highest BCUT2D eigenvalue weighted by atomic mass is 32.1. The number of carbonyl (C=O) groups excluding carboxylic acids is 1. The highest BCUT2D eigenvalue weighted by Gasteiger charge is 2.24. The molecule has 0 saturated heterocycles. The summed E-state index contributed by atoms with van der Waals surface area (Å²) >= 11 is 1.55. The molecular weight excluding hydrogens is 327 g/mol. The summed E-state index contributed by atoms with van der Waals surface area (Å²) in [5.41, 5.74) is 1.87. The van der Waals surface area contributed by atoms with Gasteiger partial charge >= 0.3 is 0 Å². The topological polar surface area (TPSA) is 58.1 Å². The minimum absolute atomic E-state index is 0.00649. The van der Waals surface area contributed by atoms with Crippen LogP contribution in [0.1, 0.15) is 48.9 Å². The molecule has 1 amide bonds. The Morgan fingerprint density at radius 2 is 2.29 bits per heavy atom. The second-order valence-electron chi connectivity index (χ2n) is 6.02. The van der Waals surface area contributed by atoms with Crippen LogP contribution in [0.15, 0.2) is 18.2 Å². The molecule has 1 aromatic heterocycles. The number of amides is 1. The molecule has 2 heterocycles. The second-order valence-corrected chi connectivity index (χ2v) is 7.08. The first kappa shape index (κ1) is 16.8. The molecule has 128 valence electrons. The Morgan fingerprint density at radius 3 is 3.04 bits per heavy atom. The third-order valence-electron chi connectivity index (χ3n) is 4.20. The Bertz CT molecular complexity index is 733. The molecule has 0 saturated carbocycles. The van der Waals surface area contributed by atoms with Crippen LogP contribution in [0.5, 0.6) is 0 Å². The van der Waals surface area contributed by atoms with Gasteiger partial charge in [-0.3, -0.25) is 4.79 Å². The normalized spacial score (nSPS) is 17.3. The standard InChI is InChI=1S/C17H21FN4OS/c1-3-4-16-20-21-17(24-16)19-15-7-8-22(11(2)23)10-12-9-13(18)5-6-14(12)15/h5-6,9,15H,3-4,7-8,10H2,1-2H3,(H,19,21). The van der Waals surface area contributed by atoms with E-state index in [0.29, 0.717) is 13.1 Å². The first-order chi connectivity index (χ1) is 11.6. The van der Waals surface area contributed by atoms with E-state index in [-0.39, 0.29) is 17.8 Å². The van der Waals surface area contributed by atoms with Crippen LogP contribution < -0.4 is 5.32 Å². The maximum atomic E-state index is 13.7. The van der Waals surface area contributed by atoms with Crippen molar-refractivity contribution in [2.45, 2.75) is 45.7 Å². The number of halogens is 1. The van der Waals surface area contributed by atoms with E-state index in [1.807, 2.05) is 0 Å². The molecule has 0 spiro atoms. The van der Waals surface area contributed by atoms with E-state index >= 15 is 0 Å². The summed E-state index contributed by atoms with van der Waals surface area (Å²) in [5.74, 6) is -0.272. The Balaban J connectivity index is 1.86. The lowest BCUT2D eigenvalue weighted by Gasteiger charge is -2.19. The zero-order valence-corrected chi connectivity index (χ0v) is 14.7. The van der Waals surface area contributed by atoms with Crippen molar-refractivity contribution >= 4 is 22.4 Å². The van der Waals surface area contributed by atoms with E-state index < -0.39 is 0 Å². The van der Waals surface area contributed by atoms with Crippen molar-refractivity contribution in [3.05, 3.63) is 40.2 Å². The zero-order chi connectivity index (χ0) is 17.1. The lowest BCUT2D eigenvalue weighted by molar-refractivity contribution is -0.129. The molecule has 7 heteroatoms. The number of nitrogens with one attached hydrogen (secondary N) is 1. The minimum atomic E-state index is -0.279. The Hall–Kier alpha value is -2.02. The van der Waals surface area contributed by atoms with E-state index in [0.717, 1.165) is 40.5 Å². The van der Waals surface area contributed by atoms with Gasteiger partial charge in [-0.15, -0.1) is 10.2 Å². The van der Waals surface area contributed by atoms with Crippen LogP contribution in [0.4, 0.5) is 9.52 Å². The fraction of sp³-hybridized carbons (Fsp3) is 0.471. The Labute approximate surface area is 144 Å². The Morgan fingerprint density at radius 1 is 1.46 bits per heavy atom. The molecule has 0 aliphatic carbocycles. The van der Waals surface area contributed by atoms with Gasteiger partial charge in [0.1, 0.15) is 10.8 Å². The van der Waals surface area contributed by atoms with Crippen LogP contribution >= 0.6 is 11.3 Å². The molecule has 1 N–H and O–H groups in total. The van der Waals surface area contributed by atoms with Crippen molar-refractivity contribution in [2.75, 3.05) is 11.9 Å². The zero-order valence-electron chi connectivity index (χ0n) is 13.9. The monoisotopic (exact) mass is 348 g/mol. The van der Waals surface area contributed by atoms with Gasteiger partial charge in [0.05, 0.1) is 6.04 Å². The van der Waals surface area contributed by atoms with Crippen molar-refractivity contribution in [3.8, 4) is 0 Å². The van der Waals surface area contributed by atoms with Gasteiger partial charge in [0.15, 0.2) is 0 Å². The second kappa shape index (κ2) is 7.25. The van der Waals surface area contributed by atoms with Gasteiger partial charge in [-0.05, 0) is 36.1 Å². The quantitative estimate of drug-likeness (QED) is 0.918. The van der Waals surface area contributed by atoms with Gasteiger partial charge in [0.25, 0.3) is 0 Å². The van der Waals surface area contributed by atoms with Crippen molar-refractivity contribution in [2.24, 2.45) is 0 Å². The maximum Gasteiger partial charge on any atom is 0.219 e. The van der Waals surface area contributed by atoms with Crippen LogP contribution in [0.25, 0.3) is 0 Å². The summed E-state index contributed by atoms with van der Waals surface area (Å²) in [6.45, 7) is 4.73. The van der Waals surface area contributed by atoms with E-state index in [1.54, 1.807) is 29.2 Å². The lowest BCUT2D eigenvalue weighted by atomic mass is 9.99. The molecule has 0 fully saturated rings. The fourth-order valence-electron chi connectivity index (χ4n) is 2.97. The smallest absolute Gasteiger partial charge is 0.219 e. The van der Waals surface area contributed by atoms with Gasteiger partial charge < -0.3 is 10.2 Å². The predicted octanol–water partition coefficient (Wildman–Crippen LogP) is 3.54. The number of nitrogens with zero attached hydrogens (tertiary/aromatic N) is 3. The minimum Gasteiger partial charge on any atom is -0.353 e. The number of hydrogen-bond acceptors (Lipinski definition) is 5. The molecule has 5 nitrogen and oxygen atoms in total. The summed E-state index contributed by atoms with van der Waals surface area (Å²) < 4.78 is 13.7. The number of fused-ring (bicyclic) bond motifs is 1. The molecule has 1 unspecified atom stereocenters. The Kier molecular flexibility index (Phi) is 5.08. The third-order valence-corrected chi connectivity index (χ3v) is 5.12. The highest BCUT2D eigenvalue weighted by molar-refractivity contribution is 7.15. The molecule has 1 aromatic carbocycles. The molecule has 1 atom stereocenters. The SMILES string of the molecule is CCCc1nnc(NC2CCN(C(C)=O)Cc3cc(F)ccc32)s1. The predicted molar refractivity (Wildman–Crippen MR) is 92.4 cm³/mol. The van der Waals surface area contributed by atoms with E-state index in [4.69, 9.17) is 0 Å². The van der Waals surface area contributed by atoms with Gasteiger partial charge in [0, 0.05) is 26.4 Å². The third kappa shape index (κ3) is 3.72. The highest BCUT2D eigenvalue weighted by Crippen LogP contribution is 2.31. The largest absolute Gasteiger partial charge is 0.353 e. The number of benzene rings is 1. The van der Waals surface area contributed by atoms with E-state index in [9.17, 15) is 9.18 Å². The van der Waals surface area contributed by atoms with Crippen LogP contribution in [0, 0.1) is 5.82 Å². The van der Waals surface area contributed by atoms with E-state index in [2.05, 4.69) is 22.4 Å². The lowest BCUT2D eigenvalue weighted by Crippen LogP contribution is -2.28. The number of aromatic nitrogens is 2. The summed E-state index contributed by atoms with van der Waals surface area (Å²) in [5, 5.41) is 13.6. The van der Waals surface area contributed by atoms with Gasteiger partial charge in [0.2, 0.25) is 11.0 Å². The molecule has 0 radical (unpaired) electrons. The average Bonchev–Trinajstić information content (AvgIpc) is 2.89. The molecule has 24 heavy (non-hydrogen) atoms. The van der Waals surface area contributed by atoms with Crippen molar-refractivity contribution in [1.29, 1.82) is 0 Å².